The van der Waals surface area contributed by atoms with Crippen molar-refractivity contribution in [3.05, 3.63) is 35.5 Å². The number of aromatic nitrogens is 1. The van der Waals surface area contributed by atoms with Crippen LogP contribution >= 0.6 is 0 Å². The molecule has 1 atom stereocenters. The molecule has 2 aromatic rings. The molecule has 92 valence electrons. The van der Waals surface area contributed by atoms with Crippen molar-refractivity contribution in [2.24, 2.45) is 18.7 Å². The van der Waals surface area contributed by atoms with E-state index in [9.17, 15) is 0 Å². The van der Waals surface area contributed by atoms with Crippen LogP contribution in [0.3, 0.4) is 0 Å². The zero-order chi connectivity index (χ0) is 12.6. The number of rotatable bonds is 3. The van der Waals surface area contributed by atoms with E-state index in [1.165, 1.54) is 22.0 Å². The third kappa shape index (κ3) is 1.98. The number of hydrogen-bond acceptors (Lipinski definition) is 1. The van der Waals surface area contributed by atoms with Gasteiger partial charge in [0.2, 0.25) is 0 Å². The summed E-state index contributed by atoms with van der Waals surface area (Å²) in [5.74, 6) is 1.02. The van der Waals surface area contributed by atoms with Crippen LogP contribution in [-0.2, 0) is 7.05 Å². The molecule has 0 aliphatic heterocycles. The minimum atomic E-state index is 0.445. The number of nitrogens with zero attached hydrogens (tertiary/aromatic N) is 1. The molecule has 0 amide bonds. The Hall–Kier alpha value is -1.28. The minimum absolute atomic E-state index is 0.445. The van der Waals surface area contributed by atoms with Crippen molar-refractivity contribution in [2.45, 2.75) is 26.7 Å². The number of para-hydroxylation sites is 1. The van der Waals surface area contributed by atoms with Crippen LogP contribution < -0.4 is 5.73 Å². The van der Waals surface area contributed by atoms with Crippen LogP contribution in [0.2, 0.25) is 0 Å². The van der Waals surface area contributed by atoms with Gasteiger partial charge in [0.05, 0.1) is 5.52 Å². The summed E-state index contributed by atoms with van der Waals surface area (Å²) < 4.78 is 2.23. The van der Waals surface area contributed by atoms with Gasteiger partial charge in [-0.15, -0.1) is 0 Å². The van der Waals surface area contributed by atoms with E-state index in [0.29, 0.717) is 18.4 Å². The van der Waals surface area contributed by atoms with E-state index in [2.05, 4.69) is 56.8 Å². The summed E-state index contributed by atoms with van der Waals surface area (Å²) in [7, 11) is 2.12. The Morgan fingerprint density at radius 3 is 2.59 bits per heavy atom. The molecule has 17 heavy (non-hydrogen) atoms. The Balaban J connectivity index is 2.67. The highest BCUT2D eigenvalue weighted by molar-refractivity contribution is 5.87. The number of fused-ring (bicyclic) bond motifs is 1. The molecule has 1 unspecified atom stereocenters. The van der Waals surface area contributed by atoms with Gasteiger partial charge in [0.1, 0.15) is 0 Å². The van der Waals surface area contributed by atoms with Crippen molar-refractivity contribution in [1.82, 2.24) is 4.57 Å². The van der Waals surface area contributed by atoms with Crippen molar-refractivity contribution in [3.8, 4) is 0 Å². The van der Waals surface area contributed by atoms with Gasteiger partial charge in [-0.25, -0.2) is 0 Å². The van der Waals surface area contributed by atoms with E-state index in [1.807, 2.05) is 0 Å². The molecule has 0 saturated carbocycles. The lowest BCUT2D eigenvalue weighted by molar-refractivity contribution is 0.508. The fourth-order valence-electron chi connectivity index (χ4n) is 2.76. The summed E-state index contributed by atoms with van der Waals surface area (Å²) >= 11 is 0. The second-order valence-corrected chi connectivity index (χ2v) is 5.25. The highest BCUT2D eigenvalue weighted by atomic mass is 14.9. The number of benzene rings is 1. The normalized spacial score (nSPS) is 13.5. The first-order chi connectivity index (χ1) is 8.06. The predicted molar refractivity (Wildman–Crippen MR) is 74.3 cm³/mol. The summed E-state index contributed by atoms with van der Waals surface area (Å²) in [6.07, 6.45) is 2.25. The zero-order valence-electron chi connectivity index (χ0n) is 11.2. The maximum absolute atomic E-state index is 5.93. The Morgan fingerprint density at radius 1 is 1.29 bits per heavy atom. The topological polar surface area (TPSA) is 30.9 Å². The number of hydrogen-bond donors (Lipinski definition) is 1. The van der Waals surface area contributed by atoms with Gasteiger partial charge in [0.25, 0.3) is 0 Å². The van der Waals surface area contributed by atoms with Gasteiger partial charge in [-0.3, -0.25) is 0 Å². The third-order valence-electron chi connectivity index (χ3n) is 3.69. The van der Waals surface area contributed by atoms with E-state index in [0.717, 1.165) is 0 Å². The molecule has 0 aliphatic rings. The van der Waals surface area contributed by atoms with Crippen LogP contribution in [0.5, 0.6) is 0 Å². The van der Waals surface area contributed by atoms with E-state index >= 15 is 0 Å². The zero-order valence-corrected chi connectivity index (χ0v) is 11.2. The average Bonchev–Trinajstić information content (AvgIpc) is 2.58. The van der Waals surface area contributed by atoms with Gasteiger partial charge < -0.3 is 10.3 Å². The summed E-state index contributed by atoms with van der Waals surface area (Å²) in [6, 6.07) is 6.51. The molecule has 0 spiro atoms. The molecule has 2 rings (SSSR count). The first kappa shape index (κ1) is 12.2. The minimum Gasteiger partial charge on any atom is -0.350 e. The van der Waals surface area contributed by atoms with Crippen LogP contribution in [-0.4, -0.2) is 11.1 Å². The Bertz CT molecular complexity index is 523. The standard InChI is InChI=1S/C15H22N2/c1-10(2)13(8-16)14-9-17(4)15-11(3)6-5-7-12(14)15/h5-7,9-10,13H,8,16H2,1-4H3. The fraction of sp³-hybridized carbons (Fsp3) is 0.467. The van der Waals surface area contributed by atoms with Crippen molar-refractivity contribution in [1.29, 1.82) is 0 Å². The molecular formula is C15H22N2. The highest BCUT2D eigenvalue weighted by Gasteiger charge is 2.19. The van der Waals surface area contributed by atoms with Gasteiger partial charge in [-0.1, -0.05) is 32.0 Å². The van der Waals surface area contributed by atoms with E-state index < -0.39 is 0 Å². The highest BCUT2D eigenvalue weighted by Crippen LogP contribution is 2.32. The molecule has 1 aromatic carbocycles. The van der Waals surface area contributed by atoms with Gasteiger partial charge in [-0.05, 0) is 30.5 Å². The van der Waals surface area contributed by atoms with Gasteiger partial charge in [0.15, 0.2) is 0 Å². The Labute approximate surface area is 103 Å². The monoisotopic (exact) mass is 230 g/mol. The summed E-state index contributed by atoms with van der Waals surface area (Å²) in [5, 5.41) is 1.36. The molecule has 0 saturated heterocycles. The van der Waals surface area contributed by atoms with Crippen molar-refractivity contribution < 1.29 is 0 Å². The van der Waals surface area contributed by atoms with Crippen molar-refractivity contribution >= 4 is 10.9 Å². The van der Waals surface area contributed by atoms with Crippen LogP contribution in [0.4, 0.5) is 0 Å². The summed E-state index contributed by atoms with van der Waals surface area (Å²) in [6.45, 7) is 7.36. The molecule has 0 fully saturated rings. The average molecular weight is 230 g/mol. The molecule has 2 nitrogen and oxygen atoms in total. The molecular weight excluding hydrogens is 208 g/mol. The Kier molecular flexibility index (Phi) is 3.25. The number of nitrogens with two attached hydrogens (primary N) is 1. The molecule has 0 aliphatic carbocycles. The first-order valence-electron chi connectivity index (χ1n) is 6.30. The SMILES string of the molecule is Cc1cccc2c(C(CN)C(C)C)cn(C)c12. The molecule has 2 N–H and O–H groups in total. The van der Waals surface area contributed by atoms with E-state index in [-0.39, 0.29) is 0 Å². The van der Waals surface area contributed by atoms with Gasteiger partial charge in [0, 0.05) is 24.5 Å². The molecule has 0 bridgehead atoms. The molecule has 1 heterocycles. The molecule has 2 heteroatoms. The molecule has 1 aromatic heterocycles. The maximum atomic E-state index is 5.93. The summed E-state index contributed by atoms with van der Waals surface area (Å²) in [4.78, 5) is 0. The lowest BCUT2D eigenvalue weighted by Gasteiger charge is -2.18. The Morgan fingerprint density at radius 2 is 2.00 bits per heavy atom. The van der Waals surface area contributed by atoms with Crippen LogP contribution in [0.15, 0.2) is 24.4 Å². The lowest BCUT2D eigenvalue weighted by atomic mass is 9.88. The number of aryl methyl sites for hydroxylation is 2. The lowest BCUT2D eigenvalue weighted by Crippen LogP contribution is -2.17. The van der Waals surface area contributed by atoms with Crippen molar-refractivity contribution in [2.75, 3.05) is 6.54 Å². The van der Waals surface area contributed by atoms with Crippen LogP contribution in [0.25, 0.3) is 10.9 Å². The second-order valence-electron chi connectivity index (χ2n) is 5.25. The van der Waals surface area contributed by atoms with Crippen LogP contribution in [0, 0.1) is 12.8 Å². The first-order valence-corrected chi connectivity index (χ1v) is 6.30. The largest absolute Gasteiger partial charge is 0.350 e. The van der Waals surface area contributed by atoms with Gasteiger partial charge in [-0.2, -0.15) is 0 Å². The summed E-state index contributed by atoms with van der Waals surface area (Å²) in [5.41, 5.74) is 9.99. The molecule has 0 radical (unpaired) electrons. The second kappa shape index (κ2) is 4.53. The predicted octanol–water partition coefficient (Wildman–Crippen LogP) is 3.19. The quantitative estimate of drug-likeness (QED) is 0.862. The van der Waals surface area contributed by atoms with E-state index in [4.69, 9.17) is 5.73 Å². The third-order valence-corrected chi connectivity index (χ3v) is 3.69. The van der Waals surface area contributed by atoms with Gasteiger partial charge >= 0.3 is 0 Å². The smallest absolute Gasteiger partial charge is 0.0510 e. The maximum Gasteiger partial charge on any atom is 0.0510 e. The van der Waals surface area contributed by atoms with E-state index in [1.54, 1.807) is 0 Å². The van der Waals surface area contributed by atoms with Crippen LogP contribution in [0.1, 0.15) is 30.9 Å². The fourth-order valence-corrected chi connectivity index (χ4v) is 2.76. The van der Waals surface area contributed by atoms with Crippen molar-refractivity contribution in [3.63, 3.8) is 0 Å².